The lowest BCUT2D eigenvalue weighted by atomic mass is 9.99. The van der Waals surface area contributed by atoms with Gasteiger partial charge in [0.25, 0.3) is 0 Å². The van der Waals surface area contributed by atoms with Crippen molar-refractivity contribution in [2.45, 2.75) is 6.04 Å². The molecule has 1 unspecified atom stereocenters. The SMILES string of the molecule is COc1cc(C(N)c2cccc(Cl)c2)ccc1F. The molecule has 1 atom stereocenters. The van der Waals surface area contributed by atoms with Gasteiger partial charge in [-0.2, -0.15) is 0 Å². The lowest BCUT2D eigenvalue weighted by molar-refractivity contribution is 0.385. The van der Waals surface area contributed by atoms with Crippen molar-refractivity contribution in [1.82, 2.24) is 0 Å². The Morgan fingerprint density at radius 3 is 2.56 bits per heavy atom. The maximum atomic E-state index is 13.3. The summed E-state index contributed by atoms with van der Waals surface area (Å²) in [4.78, 5) is 0. The zero-order valence-corrected chi connectivity index (χ0v) is 10.6. The van der Waals surface area contributed by atoms with Gasteiger partial charge in [-0.1, -0.05) is 29.8 Å². The molecule has 0 aliphatic carbocycles. The number of rotatable bonds is 3. The van der Waals surface area contributed by atoms with E-state index in [0.717, 1.165) is 11.1 Å². The molecular formula is C14H13ClFNO. The molecule has 0 amide bonds. The van der Waals surface area contributed by atoms with E-state index in [1.165, 1.54) is 13.2 Å². The van der Waals surface area contributed by atoms with Crippen molar-refractivity contribution in [1.29, 1.82) is 0 Å². The molecule has 0 saturated heterocycles. The molecule has 0 fully saturated rings. The maximum Gasteiger partial charge on any atom is 0.165 e. The number of ether oxygens (including phenoxy) is 1. The average Bonchev–Trinajstić information content (AvgIpc) is 2.38. The maximum absolute atomic E-state index is 13.3. The highest BCUT2D eigenvalue weighted by Crippen LogP contribution is 2.26. The highest BCUT2D eigenvalue weighted by Gasteiger charge is 2.12. The molecule has 18 heavy (non-hydrogen) atoms. The second kappa shape index (κ2) is 5.38. The molecular weight excluding hydrogens is 253 g/mol. The fraction of sp³-hybridized carbons (Fsp3) is 0.143. The summed E-state index contributed by atoms with van der Waals surface area (Å²) in [5.74, 6) is -0.218. The van der Waals surface area contributed by atoms with Crippen LogP contribution in [-0.2, 0) is 0 Å². The molecule has 0 heterocycles. The second-order valence-electron chi connectivity index (χ2n) is 3.93. The first kappa shape index (κ1) is 12.9. The third-order valence-electron chi connectivity index (χ3n) is 2.74. The number of nitrogens with two attached hydrogens (primary N) is 1. The molecule has 0 saturated carbocycles. The number of hydrogen-bond acceptors (Lipinski definition) is 2. The minimum Gasteiger partial charge on any atom is -0.494 e. The summed E-state index contributed by atoms with van der Waals surface area (Å²) in [5, 5.41) is 0.622. The van der Waals surface area contributed by atoms with E-state index < -0.39 is 5.82 Å². The third kappa shape index (κ3) is 2.63. The highest BCUT2D eigenvalue weighted by atomic mass is 35.5. The van der Waals surface area contributed by atoms with Crippen LogP contribution < -0.4 is 10.5 Å². The minimum absolute atomic E-state index is 0.185. The smallest absolute Gasteiger partial charge is 0.165 e. The van der Waals surface area contributed by atoms with Crippen molar-refractivity contribution in [3.05, 3.63) is 64.4 Å². The molecule has 0 aromatic heterocycles. The van der Waals surface area contributed by atoms with E-state index >= 15 is 0 Å². The Hall–Kier alpha value is -1.58. The van der Waals surface area contributed by atoms with Gasteiger partial charge in [0.15, 0.2) is 11.6 Å². The predicted octanol–water partition coefficient (Wildman–Crippen LogP) is 3.54. The van der Waals surface area contributed by atoms with E-state index in [9.17, 15) is 4.39 Å². The molecule has 2 aromatic carbocycles. The Kier molecular flexibility index (Phi) is 3.84. The molecule has 2 nitrogen and oxygen atoms in total. The molecule has 0 radical (unpaired) electrons. The van der Waals surface area contributed by atoms with Crippen LogP contribution in [0.5, 0.6) is 5.75 Å². The summed E-state index contributed by atoms with van der Waals surface area (Å²) < 4.78 is 18.3. The van der Waals surface area contributed by atoms with Crippen molar-refractivity contribution in [3.63, 3.8) is 0 Å². The Morgan fingerprint density at radius 2 is 1.89 bits per heavy atom. The Morgan fingerprint density at radius 1 is 1.17 bits per heavy atom. The molecule has 2 N–H and O–H groups in total. The summed E-state index contributed by atoms with van der Waals surface area (Å²) in [6, 6.07) is 11.5. The van der Waals surface area contributed by atoms with Crippen LogP contribution in [0.3, 0.4) is 0 Å². The first-order valence-electron chi connectivity index (χ1n) is 5.46. The zero-order valence-electron chi connectivity index (χ0n) is 9.86. The Balaban J connectivity index is 2.36. The first-order chi connectivity index (χ1) is 8.61. The molecule has 0 bridgehead atoms. The highest BCUT2D eigenvalue weighted by molar-refractivity contribution is 6.30. The zero-order chi connectivity index (χ0) is 13.1. The lowest BCUT2D eigenvalue weighted by Gasteiger charge is -2.14. The van der Waals surface area contributed by atoms with Gasteiger partial charge in [0.1, 0.15) is 0 Å². The fourth-order valence-corrected chi connectivity index (χ4v) is 1.96. The van der Waals surface area contributed by atoms with Crippen LogP contribution in [0.15, 0.2) is 42.5 Å². The van der Waals surface area contributed by atoms with E-state index in [2.05, 4.69) is 0 Å². The van der Waals surface area contributed by atoms with Gasteiger partial charge in [-0.25, -0.2) is 4.39 Å². The van der Waals surface area contributed by atoms with Gasteiger partial charge in [-0.05, 0) is 35.4 Å². The van der Waals surface area contributed by atoms with Crippen LogP contribution in [0.2, 0.25) is 5.02 Å². The normalized spacial score (nSPS) is 12.2. The van der Waals surface area contributed by atoms with Crippen LogP contribution in [0.4, 0.5) is 4.39 Å². The molecule has 4 heteroatoms. The van der Waals surface area contributed by atoms with Gasteiger partial charge in [0.05, 0.1) is 13.2 Å². The van der Waals surface area contributed by atoms with E-state index in [0.29, 0.717) is 5.02 Å². The van der Waals surface area contributed by atoms with Crippen LogP contribution in [0.25, 0.3) is 0 Å². The van der Waals surface area contributed by atoms with E-state index in [4.69, 9.17) is 22.1 Å². The van der Waals surface area contributed by atoms with E-state index in [1.54, 1.807) is 24.3 Å². The predicted molar refractivity (Wildman–Crippen MR) is 70.4 cm³/mol. The summed E-state index contributed by atoms with van der Waals surface area (Å²) >= 11 is 5.92. The number of hydrogen-bond donors (Lipinski definition) is 1. The second-order valence-corrected chi connectivity index (χ2v) is 4.36. The summed E-state index contributed by atoms with van der Waals surface area (Å²) in [6.45, 7) is 0. The topological polar surface area (TPSA) is 35.2 Å². The third-order valence-corrected chi connectivity index (χ3v) is 2.98. The fourth-order valence-electron chi connectivity index (χ4n) is 1.76. The molecule has 0 aliphatic heterocycles. The molecule has 2 aromatic rings. The van der Waals surface area contributed by atoms with Crippen LogP contribution in [0, 0.1) is 5.82 Å². The van der Waals surface area contributed by atoms with Crippen LogP contribution in [-0.4, -0.2) is 7.11 Å². The van der Waals surface area contributed by atoms with Crippen molar-refractivity contribution in [3.8, 4) is 5.75 Å². The monoisotopic (exact) mass is 265 g/mol. The van der Waals surface area contributed by atoms with Crippen molar-refractivity contribution < 1.29 is 9.13 Å². The summed E-state index contributed by atoms with van der Waals surface area (Å²) in [5.41, 5.74) is 7.77. The van der Waals surface area contributed by atoms with Crippen LogP contribution in [0.1, 0.15) is 17.2 Å². The average molecular weight is 266 g/mol. The van der Waals surface area contributed by atoms with Gasteiger partial charge in [-0.15, -0.1) is 0 Å². The number of halogens is 2. The van der Waals surface area contributed by atoms with Gasteiger partial charge >= 0.3 is 0 Å². The standard InChI is InChI=1S/C14H13ClFNO/c1-18-13-8-10(5-6-12(13)16)14(17)9-3-2-4-11(15)7-9/h2-8,14H,17H2,1H3. The van der Waals surface area contributed by atoms with Crippen molar-refractivity contribution in [2.24, 2.45) is 5.73 Å². The van der Waals surface area contributed by atoms with Crippen LogP contribution >= 0.6 is 11.6 Å². The Bertz CT molecular complexity index is 559. The lowest BCUT2D eigenvalue weighted by Crippen LogP contribution is -2.12. The number of benzene rings is 2. The van der Waals surface area contributed by atoms with E-state index in [1.807, 2.05) is 12.1 Å². The first-order valence-corrected chi connectivity index (χ1v) is 5.84. The van der Waals surface area contributed by atoms with Crippen molar-refractivity contribution in [2.75, 3.05) is 7.11 Å². The van der Waals surface area contributed by atoms with Gasteiger partial charge in [0, 0.05) is 5.02 Å². The summed E-state index contributed by atoms with van der Waals surface area (Å²) in [6.07, 6.45) is 0. The quantitative estimate of drug-likeness (QED) is 0.921. The summed E-state index contributed by atoms with van der Waals surface area (Å²) in [7, 11) is 1.42. The van der Waals surface area contributed by atoms with Gasteiger partial charge in [0.2, 0.25) is 0 Å². The molecule has 94 valence electrons. The van der Waals surface area contributed by atoms with E-state index in [-0.39, 0.29) is 11.8 Å². The van der Waals surface area contributed by atoms with Gasteiger partial charge in [-0.3, -0.25) is 0 Å². The van der Waals surface area contributed by atoms with Gasteiger partial charge < -0.3 is 10.5 Å². The van der Waals surface area contributed by atoms with Crippen molar-refractivity contribution >= 4 is 11.6 Å². The largest absolute Gasteiger partial charge is 0.494 e. The minimum atomic E-state index is -0.403. The molecule has 0 spiro atoms. The Labute approximate surface area is 110 Å². The molecule has 2 rings (SSSR count). The number of methoxy groups -OCH3 is 1. The molecule has 0 aliphatic rings.